The molecular formula is C22H22F2N4O2. The number of rotatable bonds is 6. The fraction of sp³-hybridized carbons (Fsp3) is 0.318. The number of alkyl halides is 2. The fourth-order valence-corrected chi connectivity index (χ4v) is 3.65. The Kier molecular flexibility index (Phi) is 6.02. The van der Waals surface area contributed by atoms with Gasteiger partial charge in [-0.15, -0.1) is 0 Å². The summed E-state index contributed by atoms with van der Waals surface area (Å²) in [6, 6.07) is 16.0. The third-order valence-electron chi connectivity index (χ3n) is 5.27. The Bertz CT molecular complexity index is 968. The van der Waals surface area contributed by atoms with E-state index in [1.165, 1.54) is 12.1 Å². The molecule has 0 atom stereocenters. The second kappa shape index (κ2) is 9.02. The van der Waals surface area contributed by atoms with Crippen LogP contribution in [0.4, 0.5) is 8.78 Å². The monoisotopic (exact) mass is 412 g/mol. The summed E-state index contributed by atoms with van der Waals surface area (Å²) in [4.78, 5) is 19.1. The number of nitrogens with zero attached hydrogens (tertiary/aromatic N) is 3. The molecule has 0 spiro atoms. The van der Waals surface area contributed by atoms with Crippen LogP contribution in [-0.4, -0.2) is 45.7 Å². The molecule has 0 radical (unpaired) electrons. The first-order chi connectivity index (χ1) is 14.6. The number of likely N-dealkylation sites (tertiary alicyclic amines) is 1. The van der Waals surface area contributed by atoms with Gasteiger partial charge in [-0.2, -0.15) is 13.9 Å². The minimum atomic E-state index is -2.85. The molecule has 1 aromatic heterocycles. The molecule has 2 heterocycles. The van der Waals surface area contributed by atoms with E-state index in [9.17, 15) is 13.6 Å². The van der Waals surface area contributed by atoms with Gasteiger partial charge in [0.2, 0.25) is 5.91 Å². The highest BCUT2D eigenvalue weighted by molar-refractivity contribution is 5.79. The van der Waals surface area contributed by atoms with Crippen molar-refractivity contribution in [3.05, 3.63) is 66.0 Å². The number of nitrogens with one attached hydrogen (secondary N) is 1. The van der Waals surface area contributed by atoms with Crippen molar-refractivity contribution in [3.8, 4) is 17.1 Å². The largest absolute Gasteiger partial charge is 0.435 e. The predicted octanol–water partition coefficient (Wildman–Crippen LogP) is 4.02. The topological polar surface area (TPSA) is 71.1 Å². The van der Waals surface area contributed by atoms with E-state index in [1.807, 2.05) is 35.2 Å². The summed E-state index contributed by atoms with van der Waals surface area (Å²) in [6.07, 6.45) is 1.87. The molecule has 30 heavy (non-hydrogen) atoms. The highest BCUT2D eigenvalue weighted by atomic mass is 19.3. The smallest absolute Gasteiger partial charge is 0.387 e. The number of carbonyl (C=O) groups is 1. The van der Waals surface area contributed by atoms with Crippen molar-refractivity contribution in [2.75, 3.05) is 13.1 Å². The van der Waals surface area contributed by atoms with Gasteiger partial charge in [0.25, 0.3) is 0 Å². The number of H-pyrrole nitrogens is 1. The summed E-state index contributed by atoms with van der Waals surface area (Å²) in [5.41, 5.74) is 1.74. The number of ether oxygens (including phenoxy) is 1. The van der Waals surface area contributed by atoms with Crippen LogP contribution in [0, 0.1) is 0 Å². The molecule has 0 bridgehead atoms. The molecule has 3 aromatic rings. The Balaban J connectivity index is 1.30. The van der Waals surface area contributed by atoms with Gasteiger partial charge in [0.15, 0.2) is 5.82 Å². The van der Waals surface area contributed by atoms with Gasteiger partial charge in [-0.3, -0.25) is 9.89 Å². The van der Waals surface area contributed by atoms with Gasteiger partial charge in [-0.05, 0) is 30.5 Å². The maximum absolute atomic E-state index is 12.6. The average Bonchev–Trinajstić information content (AvgIpc) is 3.26. The third kappa shape index (κ3) is 4.82. The van der Waals surface area contributed by atoms with Gasteiger partial charge in [-0.1, -0.05) is 42.5 Å². The van der Waals surface area contributed by atoms with Crippen LogP contribution < -0.4 is 4.74 Å². The zero-order valence-electron chi connectivity index (χ0n) is 16.3. The molecule has 2 aromatic carbocycles. The number of hydrogen-bond donors (Lipinski definition) is 1. The normalized spacial score (nSPS) is 14.8. The maximum Gasteiger partial charge on any atom is 0.387 e. The lowest BCUT2D eigenvalue weighted by molar-refractivity contribution is -0.131. The molecule has 8 heteroatoms. The van der Waals surface area contributed by atoms with Gasteiger partial charge >= 0.3 is 6.61 Å². The SMILES string of the molecule is O=C(Cc1ccc(OC(F)F)cc1)N1CCC(c2nc(-c3ccccc3)n[nH]2)CC1. The summed E-state index contributed by atoms with van der Waals surface area (Å²) in [5, 5.41) is 7.37. The standard InChI is InChI=1S/C22H22F2N4O2/c23-22(24)30-18-8-6-15(7-9-18)14-19(29)28-12-10-17(11-13-28)21-25-20(26-27-21)16-4-2-1-3-5-16/h1-9,17,22H,10-14H2,(H,25,26,27). The van der Waals surface area contributed by atoms with E-state index in [0.717, 1.165) is 29.8 Å². The lowest BCUT2D eigenvalue weighted by Gasteiger charge is -2.31. The number of amides is 1. The molecule has 1 fully saturated rings. The molecule has 156 valence electrons. The van der Waals surface area contributed by atoms with E-state index in [-0.39, 0.29) is 24.0 Å². The molecule has 1 N–H and O–H groups in total. The van der Waals surface area contributed by atoms with Crippen molar-refractivity contribution in [3.63, 3.8) is 0 Å². The minimum Gasteiger partial charge on any atom is -0.435 e. The van der Waals surface area contributed by atoms with E-state index >= 15 is 0 Å². The molecule has 1 saturated heterocycles. The number of halogens is 2. The van der Waals surface area contributed by atoms with Gasteiger partial charge in [0.1, 0.15) is 11.6 Å². The second-order valence-corrected chi connectivity index (χ2v) is 7.26. The van der Waals surface area contributed by atoms with Crippen LogP contribution in [0.2, 0.25) is 0 Å². The molecule has 1 aliphatic rings. The Hall–Kier alpha value is -3.29. The van der Waals surface area contributed by atoms with Gasteiger partial charge in [0.05, 0.1) is 6.42 Å². The summed E-state index contributed by atoms with van der Waals surface area (Å²) in [6.45, 7) is -1.55. The van der Waals surface area contributed by atoms with E-state index in [4.69, 9.17) is 0 Å². The fourth-order valence-electron chi connectivity index (χ4n) is 3.65. The van der Waals surface area contributed by atoms with Crippen molar-refractivity contribution in [1.82, 2.24) is 20.1 Å². The first-order valence-electron chi connectivity index (χ1n) is 9.88. The van der Waals surface area contributed by atoms with Crippen LogP contribution in [0.15, 0.2) is 54.6 Å². The quantitative estimate of drug-likeness (QED) is 0.664. The Morgan fingerprint density at radius 3 is 2.47 bits per heavy atom. The number of aromatic nitrogens is 3. The van der Waals surface area contributed by atoms with Crippen LogP contribution in [0.25, 0.3) is 11.4 Å². The van der Waals surface area contributed by atoms with Crippen molar-refractivity contribution >= 4 is 5.91 Å². The van der Waals surface area contributed by atoms with Crippen LogP contribution in [-0.2, 0) is 11.2 Å². The number of aromatic amines is 1. The summed E-state index contributed by atoms with van der Waals surface area (Å²) < 4.78 is 28.8. The average molecular weight is 412 g/mol. The van der Waals surface area contributed by atoms with Gasteiger partial charge in [-0.25, -0.2) is 4.98 Å². The van der Waals surface area contributed by atoms with Crippen LogP contribution in [0.1, 0.15) is 30.1 Å². The van der Waals surface area contributed by atoms with Crippen molar-refractivity contribution in [1.29, 1.82) is 0 Å². The van der Waals surface area contributed by atoms with Crippen molar-refractivity contribution in [2.45, 2.75) is 31.8 Å². The number of carbonyl (C=O) groups excluding carboxylic acids is 1. The van der Waals surface area contributed by atoms with Crippen molar-refractivity contribution < 1.29 is 18.3 Å². The highest BCUT2D eigenvalue weighted by Crippen LogP contribution is 2.27. The lowest BCUT2D eigenvalue weighted by atomic mass is 9.95. The van der Waals surface area contributed by atoms with Crippen LogP contribution in [0.3, 0.4) is 0 Å². The molecule has 0 saturated carbocycles. The van der Waals surface area contributed by atoms with Crippen molar-refractivity contribution in [2.24, 2.45) is 0 Å². The zero-order chi connectivity index (χ0) is 20.9. The van der Waals surface area contributed by atoms with E-state index in [2.05, 4.69) is 19.9 Å². The first-order valence-corrected chi connectivity index (χ1v) is 9.88. The summed E-state index contributed by atoms with van der Waals surface area (Å²) >= 11 is 0. The Morgan fingerprint density at radius 2 is 1.80 bits per heavy atom. The Labute approximate surface area is 172 Å². The van der Waals surface area contributed by atoms with E-state index in [1.54, 1.807) is 12.1 Å². The summed E-state index contributed by atoms with van der Waals surface area (Å²) in [7, 11) is 0. The number of hydrogen-bond acceptors (Lipinski definition) is 4. The Morgan fingerprint density at radius 1 is 1.10 bits per heavy atom. The number of benzene rings is 2. The first kappa shape index (κ1) is 20.0. The minimum absolute atomic E-state index is 0.0264. The highest BCUT2D eigenvalue weighted by Gasteiger charge is 2.26. The third-order valence-corrected chi connectivity index (χ3v) is 5.27. The molecular weight excluding hydrogens is 390 g/mol. The molecule has 1 amide bonds. The van der Waals surface area contributed by atoms with Gasteiger partial charge in [0, 0.05) is 24.6 Å². The lowest BCUT2D eigenvalue weighted by Crippen LogP contribution is -2.39. The summed E-state index contributed by atoms with van der Waals surface area (Å²) in [5.74, 6) is 1.89. The van der Waals surface area contributed by atoms with Crippen LogP contribution in [0.5, 0.6) is 5.75 Å². The molecule has 4 rings (SSSR count). The zero-order valence-corrected chi connectivity index (χ0v) is 16.3. The van der Waals surface area contributed by atoms with E-state index in [0.29, 0.717) is 18.9 Å². The molecule has 1 aliphatic heterocycles. The molecule has 0 aliphatic carbocycles. The maximum atomic E-state index is 12.6. The van der Waals surface area contributed by atoms with Crippen LogP contribution >= 0.6 is 0 Å². The number of piperidine rings is 1. The second-order valence-electron chi connectivity index (χ2n) is 7.26. The molecule has 6 nitrogen and oxygen atoms in total. The predicted molar refractivity (Wildman–Crippen MR) is 107 cm³/mol. The molecule has 0 unspecified atom stereocenters. The van der Waals surface area contributed by atoms with Gasteiger partial charge < -0.3 is 9.64 Å². The van der Waals surface area contributed by atoms with E-state index < -0.39 is 6.61 Å².